The third kappa shape index (κ3) is 3.40. The van der Waals surface area contributed by atoms with Crippen LogP contribution in [0.2, 0.25) is 0 Å². The van der Waals surface area contributed by atoms with Gasteiger partial charge in [-0.2, -0.15) is 0 Å². The predicted octanol–water partition coefficient (Wildman–Crippen LogP) is 4.70. The van der Waals surface area contributed by atoms with Gasteiger partial charge in [-0.1, -0.05) is 13.0 Å². The van der Waals surface area contributed by atoms with Gasteiger partial charge in [0.05, 0.1) is 22.6 Å². The lowest BCUT2D eigenvalue weighted by Crippen LogP contribution is -2.12. The van der Waals surface area contributed by atoms with E-state index in [0.717, 1.165) is 48.3 Å². The second-order valence-corrected chi connectivity index (χ2v) is 5.82. The highest BCUT2D eigenvalue weighted by Crippen LogP contribution is 2.36. The minimum Gasteiger partial charge on any atom is -0.492 e. The molecule has 0 aromatic heterocycles. The van der Waals surface area contributed by atoms with Crippen LogP contribution in [0.25, 0.3) is 0 Å². The maximum absolute atomic E-state index is 6.45. The van der Waals surface area contributed by atoms with Crippen LogP contribution in [0.15, 0.2) is 22.7 Å². The minimum atomic E-state index is -0.0796. The van der Waals surface area contributed by atoms with Crippen LogP contribution in [0.4, 0.5) is 0 Å². The van der Waals surface area contributed by atoms with Crippen molar-refractivity contribution in [2.75, 3.05) is 13.2 Å². The first-order chi connectivity index (χ1) is 8.72. The lowest BCUT2D eigenvalue weighted by atomic mass is 10.1. The summed E-state index contributed by atoms with van der Waals surface area (Å²) >= 11 is 9.98. The Morgan fingerprint density at radius 1 is 1.56 bits per heavy atom. The molecule has 2 nitrogen and oxygen atoms in total. The number of benzene rings is 1. The summed E-state index contributed by atoms with van der Waals surface area (Å²) < 4.78 is 12.2. The van der Waals surface area contributed by atoms with E-state index in [9.17, 15) is 0 Å². The quantitative estimate of drug-likeness (QED) is 0.727. The zero-order valence-corrected chi connectivity index (χ0v) is 12.8. The van der Waals surface area contributed by atoms with Crippen molar-refractivity contribution in [3.05, 3.63) is 28.2 Å². The molecule has 0 saturated carbocycles. The van der Waals surface area contributed by atoms with Crippen LogP contribution in [0.3, 0.4) is 0 Å². The standard InChI is InChI=1S/C14H18BrClO2/c1-2-7-17-12-6-5-10(9-11(12)15)14(16)13-4-3-8-18-13/h5-6,9,13-14H,2-4,7-8H2,1H3. The van der Waals surface area contributed by atoms with Crippen LogP contribution in [-0.4, -0.2) is 19.3 Å². The van der Waals surface area contributed by atoms with Gasteiger partial charge in [0.2, 0.25) is 0 Å². The SMILES string of the molecule is CCCOc1ccc(C(Cl)C2CCCO2)cc1Br. The number of hydrogen-bond acceptors (Lipinski definition) is 2. The van der Waals surface area contributed by atoms with Gasteiger partial charge in [0.1, 0.15) is 5.75 Å². The fourth-order valence-corrected chi connectivity index (χ4v) is 2.91. The molecule has 1 saturated heterocycles. The van der Waals surface area contributed by atoms with Crippen molar-refractivity contribution >= 4 is 27.5 Å². The molecule has 4 heteroatoms. The van der Waals surface area contributed by atoms with Gasteiger partial charge in [0, 0.05) is 6.61 Å². The van der Waals surface area contributed by atoms with Crippen LogP contribution in [-0.2, 0) is 4.74 Å². The van der Waals surface area contributed by atoms with Crippen molar-refractivity contribution in [3.8, 4) is 5.75 Å². The average Bonchev–Trinajstić information content (AvgIpc) is 2.90. The normalized spacial score (nSPS) is 20.9. The first kappa shape index (κ1) is 14.2. The van der Waals surface area contributed by atoms with Gasteiger partial charge in [-0.15, -0.1) is 11.6 Å². The molecule has 1 fully saturated rings. The topological polar surface area (TPSA) is 18.5 Å². The third-order valence-corrected chi connectivity index (χ3v) is 4.18. The zero-order chi connectivity index (χ0) is 13.0. The van der Waals surface area contributed by atoms with Crippen molar-refractivity contribution in [1.29, 1.82) is 0 Å². The van der Waals surface area contributed by atoms with Gasteiger partial charge in [-0.05, 0) is 52.9 Å². The van der Waals surface area contributed by atoms with E-state index in [1.807, 2.05) is 18.2 Å². The minimum absolute atomic E-state index is 0.0796. The molecule has 0 N–H and O–H groups in total. The Morgan fingerprint density at radius 2 is 2.39 bits per heavy atom. The lowest BCUT2D eigenvalue weighted by Gasteiger charge is -2.18. The molecule has 0 spiro atoms. The molecule has 2 unspecified atom stereocenters. The fraction of sp³-hybridized carbons (Fsp3) is 0.571. The van der Waals surface area contributed by atoms with E-state index in [0.29, 0.717) is 0 Å². The van der Waals surface area contributed by atoms with Crippen LogP contribution in [0.5, 0.6) is 5.75 Å². The van der Waals surface area contributed by atoms with Crippen molar-refractivity contribution in [2.45, 2.75) is 37.7 Å². The van der Waals surface area contributed by atoms with Crippen LogP contribution < -0.4 is 4.74 Å². The molecule has 0 radical (unpaired) electrons. The monoisotopic (exact) mass is 332 g/mol. The van der Waals surface area contributed by atoms with Gasteiger partial charge in [0.15, 0.2) is 0 Å². The summed E-state index contributed by atoms with van der Waals surface area (Å²) in [7, 11) is 0. The number of alkyl halides is 1. The highest BCUT2D eigenvalue weighted by Gasteiger charge is 2.25. The Kier molecular flexibility index (Phi) is 5.34. The van der Waals surface area contributed by atoms with Gasteiger partial charge in [-0.25, -0.2) is 0 Å². The molecule has 100 valence electrons. The summed E-state index contributed by atoms with van der Waals surface area (Å²) in [6.07, 6.45) is 3.29. The molecule has 0 bridgehead atoms. The molecule has 18 heavy (non-hydrogen) atoms. The van der Waals surface area contributed by atoms with Gasteiger partial charge < -0.3 is 9.47 Å². The summed E-state index contributed by atoms with van der Waals surface area (Å²) in [5.41, 5.74) is 1.08. The van der Waals surface area contributed by atoms with E-state index in [1.165, 1.54) is 0 Å². The Bertz CT molecular complexity index is 391. The second-order valence-electron chi connectivity index (χ2n) is 4.49. The average molecular weight is 334 g/mol. The van der Waals surface area contributed by atoms with E-state index in [4.69, 9.17) is 21.1 Å². The molecule has 1 aliphatic rings. The number of hydrogen-bond donors (Lipinski definition) is 0. The fourth-order valence-electron chi connectivity index (χ4n) is 2.07. The highest BCUT2D eigenvalue weighted by molar-refractivity contribution is 9.10. The Morgan fingerprint density at radius 3 is 3.00 bits per heavy atom. The smallest absolute Gasteiger partial charge is 0.133 e. The third-order valence-electron chi connectivity index (χ3n) is 3.03. The first-order valence-electron chi connectivity index (χ1n) is 6.40. The van der Waals surface area contributed by atoms with Gasteiger partial charge >= 0.3 is 0 Å². The second kappa shape index (κ2) is 6.78. The van der Waals surface area contributed by atoms with Crippen LogP contribution >= 0.6 is 27.5 Å². The van der Waals surface area contributed by atoms with E-state index >= 15 is 0 Å². The van der Waals surface area contributed by atoms with Crippen LogP contribution in [0, 0.1) is 0 Å². The number of ether oxygens (including phenoxy) is 2. The maximum atomic E-state index is 6.45. The number of halogens is 2. The summed E-state index contributed by atoms with van der Waals surface area (Å²) in [4.78, 5) is 0. The van der Waals surface area contributed by atoms with Crippen molar-refractivity contribution in [1.82, 2.24) is 0 Å². The summed E-state index contributed by atoms with van der Waals surface area (Å²) in [6, 6.07) is 6.03. The molecule has 1 aromatic carbocycles. The summed E-state index contributed by atoms with van der Waals surface area (Å²) in [6.45, 7) is 3.65. The Balaban J connectivity index is 2.07. The molecule has 2 rings (SSSR count). The first-order valence-corrected chi connectivity index (χ1v) is 7.63. The molecular weight excluding hydrogens is 316 g/mol. The van der Waals surface area contributed by atoms with Crippen molar-refractivity contribution in [2.24, 2.45) is 0 Å². The van der Waals surface area contributed by atoms with Gasteiger partial charge in [0.25, 0.3) is 0 Å². The number of rotatable bonds is 5. The summed E-state index contributed by atoms with van der Waals surface area (Å²) in [5.74, 6) is 0.872. The Hall–Kier alpha value is -0.250. The molecule has 0 amide bonds. The Labute approximate surface area is 122 Å². The largest absolute Gasteiger partial charge is 0.492 e. The molecule has 0 aliphatic carbocycles. The predicted molar refractivity (Wildman–Crippen MR) is 77.5 cm³/mol. The molecule has 1 aromatic rings. The zero-order valence-electron chi connectivity index (χ0n) is 10.5. The van der Waals surface area contributed by atoms with Crippen molar-refractivity contribution < 1.29 is 9.47 Å². The molecular formula is C14H18BrClO2. The lowest BCUT2D eigenvalue weighted by molar-refractivity contribution is 0.107. The van der Waals surface area contributed by atoms with E-state index in [1.54, 1.807) is 0 Å². The van der Waals surface area contributed by atoms with E-state index < -0.39 is 0 Å². The highest BCUT2D eigenvalue weighted by atomic mass is 79.9. The maximum Gasteiger partial charge on any atom is 0.133 e. The molecule has 2 atom stereocenters. The van der Waals surface area contributed by atoms with Gasteiger partial charge in [-0.3, -0.25) is 0 Å². The summed E-state index contributed by atoms with van der Waals surface area (Å²) in [5, 5.41) is -0.0796. The molecule has 1 heterocycles. The van der Waals surface area contributed by atoms with E-state index in [-0.39, 0.29) is 11.5 Å². The van der Waals surface area contributed by atoms with Crippen LogP contribution in [0.1, 0.15) is 37.1 Å². The molecule has 1 aliphatic heterocycles. The van der Waals surface area contributed by atoms with E-state index in [2.05, 4.69) is 22.9 Å². The van der Waals surface area contributed by atoms with Crippen molar-refractivity contribution in [3.63, 3.8) is 0 Å².